The molecule has 0 bridgehead atoms. The van der Waals surface area contributed by atoms with Gasteiger partial charge in [0.15, 0.2) is 0 Å². The van der Waals surface area contributed by atoms with Crippen molar-refractivity contribution in [1.29, 1.82) is 0 Å². The van der Waals surface area contributed by atoms with Crippen molar-refractivity contribution in [1.82, 2.24) is 10.2 Å². The maximum atomic E-state index is 14.0. The van der Waals surface area contributed by atoms with Crippen LogP contribution in [0.3, 0.4) is 0 Å². The Hall–Kier alpha value is -3.56. The molecular formula is C33H42ClN3O5S. The van der Waals surface area contributed by atoms with Gasteiger partial charge in [0, 0.05) is 37.0 Å². The second kappa shape index (κ2) is 16.3. The number of halogens is 1. The summed E-state index contributed by atoms with van der Waals surface area (Å²) in [5.74, 6) is 0.135. The molecule has 2 atom stereocenters. The molecule has 3 aromatic rings. The molecule has 3 rings (SSSR count). The minimum atomic E-state index is -3.62. The Morgan fingerprint density at radius 1 is 0.953 bits per heavy atom. The topological polar surface area (TPSA) is 96.0 Å². The quantitative estimate of drug-likeness (QED) is 0.215. The highest BCUT2D eigenvalue weighted by Crippen LogP contribution is 2.24. The molecule has 0 fully saturated rings. The summed E-state index contributed by atoms with van der Waals surface area (Å²) >= 11 is 6.50. The van der Waals surface area contributed by atoms with E-state index < -0.39 is 16.1 Å². The molecule has 0 aliphatic carbocycles. The number of anilines is 1. The zero-order valence-electron chi connectivity index (χ0n) is 25.3. The predicted molar refractivity (Wildman–Crippen MR) is 173 cm³/mol. The third-order valence-corrected chi connectivity index (χ3v) is 8.72. The Morgan fingerprint density at radius 3 is 2.21 bits per heavy atom. The Bertz CT molecular complexity index is 1430. The molecule has 0 saturated heterocycles. The minimum Gasteiger partial charge on any atom is -0.494 e. The van der Waals surface area contributed by atoms with Crippen molar-refractivity contribution in [2.45, 2.75) is 65.1 Å². The fourth-order valence-corrected chi connectivity index (χ4v) is 5.85. The van der Waals surface area contributed by atoms with E-state index in [2.05, 4.69) is 5.32 Å². The van der Waals surface area contributed by atoms with Gasteiger partial charge in [-0.1, -0.05) is 67.1 Å². The van der Waals surface area contributed by atoms with Crippen molar-refractivity contribution < 1.29 is 22.7 Å². The van der Waals surface area contributed by atoms with E-state index in [-0.39, 0.29) is 43.8 Å². The van der Waals surface area contributed by atoms with Crippen molar-refractivity contribution in [3.63, 3.8) is 0 Å². The molecule has 0 aromatic heterocycles. The second-order valence-corrected chi connectivity index (χ2v) is 12.8. The molecule has 0 saturated carbocycles. The van der Waals surface area contributed by atoms with Crippen LogP contribution in [-0.4, -0.2) is 56.6 Å². The fourth-order valence-electron chi connectivity index (χ4n) is 4.68. The van der Waals surface area contributed by atoms with Gasteiger partial charge in [-0.2, -0.15) is 0 Å². The van der Waals surface area contributed by atoms with Crippen molar-refractivity contribution in [3.8, 4) is 5.75 Å². The molecule has 0 spiro atoms. The lowest BCUT2D eigenvalue weighted by Gasteiger charge is -2.33. The number of carbonyl (C=O) groups excluding carboxylic acids is 2. The zero-order chi connectivity index (χ0) is 31.4. The first-order valence-electron chi connectivity index (χ1n) is 14.6. The number of benzene rings is 3. The maximum Gasteiger partial charge on any atom is 0.243 e. The maximum absolute atomic E-state index is 14.0. The summed E-state index contributed by atoms with van der Waals surface area (Å²) in [5, 5.41) is 3.55. The number of hydrogen-bond acceptors (Lipinski definition) is 5. The lowest BCUT2D eigenvalue weighted by molar-refractivity contribution is -0.141. The average Bonchev–Trinajstić information content (AvgIpc) is 2.98. The molecule has 0 aliphatic rings. The van der Waals surface area contributed by atoms with Crippen LogP contribution in [0.15, 0.2) is 78.9 Å². The van der Waals surface area contributed by atoms with Crippen LogP contribution in [0.25, 0.3) is 0 Å². The van der Waals surface area contributed by atoms with Crippen LogP contribution < -0.4 is 14.4 Å². The van der Waals surface area contributed by atoms with Gasteiger partial charge >= 0.3 is 0 Å². The van der Waals surface area contributed by atoms with Crippen molar-refractivity contribution >= 4 is 39.1 Å². The minimum absolute atomic E-state index is 0.0371. The Kier molecular flexibility index (Phi) is 12.9. The molecule has 2 unspecified atom stereocenters. The molecule has 2 amide bonds. The number of nitrogens with zero attached hydrogens (tertiary/aromatic N) is 2. The highest BCUT2D eigenvalue weighted by atomic mass is 35.5. The van der Waals surface area contributed by atoms with E-state index in [4.69, 9.17) is 16.3 Å². The van der Waals surface area contributed by atoms with Gasteiger partial charge < -0.3 is 15.0 Å². The van der Waals surface area contributed by atoms with E-state index in [1.807, 2.05) is 69.3 Å². The van der Waals surface area contributed by atoms with E-state index >= 15 is 0 Å². The van der Waals surface area contributed by atoms with Crippen LogP contribution in [-0.2, 0) is 32.6 Å². The van der Waals surface area contributed by atoms with E-state index in [1.165, 1.54) is 4.31 Å². The summed E-state index contributed by atoms with van der Waals surface area (Å²) < 4.78 is 32.1. The van der Waals surface area contributed by atoms with Gasteiger partial charge in [0.2, 0.25) is 21.8 Å². The van der Waals surface area contributed by atoms with E-state index in [1.54, 1.807) is 35.2 Å². The van der Waals surface area contributed by atoms with Gasteiger partial charge in [-0.05, 0) is 68.1 Å². The molecule has 3 aromatic carbocycles. The largest absolute Gasteiger partial charge is 0.494 e. The smallest absolute Gasteiger partial charge is 0.243 e. The molecule has 0 heterocycles. The molecule has 43 heavy (non-hydrogen) atoms. The van der Waals surface area contributed by atoms with Crippen molar-refractivity contribution in [3.05, 3.63) is 95.0 Å². The van der Waals surface area contributed by atoms with Gasteiger partial charge in [-0.25, -0.2) is 8.42 Å². The standard InChI is InChI=1S/C33H42ClN3O5S/c1-5-25(3)35-33(39)31(23-26-13-8-7-9-14-26)36(24-27-15-10-11-16-30(27)34)32(38)17-12-22-37(43(4,40)41)28-18-20-29(21-19-28)42-6-2/h7-11,13-16,18-21,25,31H,5-6,12,17,22-24H2,1-4H3,(H,35,39). The van der Waals surface area contributed by atoms with E-state index in [0.29, 0.717) is 29.5 Å². The number of hydrogen-bond donors (Lipinski definition) is 1. The normalized spacial score (nSPS) is 12.7. The lowest BCUT2D eigenvalue weighted by atomic mass is 10.0. The van der Waals surface area contributed by atoms with Crippen LogP contribution in [0.4, 0.5) is 5.69 Å². The van der Waals surface area contributed by atoms with Gasteiger partial charge in [0.05, 0.1) is 18.6 Å². The number of amides is 2. The number of rotatable bonds is 16. The average molecular weight is 628 g/mol. The highest BCUT2D eigenvalue weighted by Gasteiger charge is 2.31. The molecule has 232 valence electrons. The summed E-state index contributed by atoms with van der Waals surface area (Å²) in [6.07, 6.45) is 2.50. The summed E-state index contributed by atoms with van der Waals surface area (Å²) in [4.78, 5) is 29.2. The van der Waals surface area contributed by atoms with Gasteiger partial charge in [-0.3, -0.25) is 13.9 Å². The highest BCUT2D eigenvalue weighted by molar-refractivity contribution is 7.92. The van der Waals surface area contributed by atoms with Gasteiger partial charge in [0.1, 0.15) is 11.8 Å². The number of ether oxygens (including phenoxy) is 1. The molecule has 0 aliphatic heterocycles. The SMILES string of the molecule is CCOc1ccc(N(CCCC(=O)N(Cc2ccccc2Cl)C(Cc2ccccc2)C(=O)NC(C)CC)S(C)(=O)=O)cc1. The summed E-state index contributed by atoms with van der Waals surface area (Å²) in [7, 11) is -3.62. The van der Waals surface area contributed by atoms with Crippen LogP contribution in [0.1, 0.15) is 51.2 Å². The molecule has 0 radical (unpaired) electrons. The van der Waals surface area contributed by atoms with Gasteiger partial charge in [0.25, 0.3) is 0 Å². The molecule has 1 N–H and O–H groups in total. The van der Waals surface area contributed by atoms with Crippen LogP contribution in [0, 0.1) is 0 Å². The number of nitrogens with one attached hydrogen (secondary N) is 1. The summed E-state index contributed by atoms with van der Waals surface area (Å²) in [6, 6.07) is 22.8. The van der Waals surface area contributed by atoms with Crippen LogP contribution in [0.2, 0.25) is 5.02 Å². The molecule has 10 heteroatoms. The first kappa shape index (κ1) is 33.9. The summed E-state index contributed by atoms with van der Waals surface area (Å²) in [5.41, 5.74) is 2.13. The zero-order valence-corrected chi connectivity index (χ0v) is 26.9. The Labute approximate surface area is 261 Å². The Morgan fingerprint density at radius 2 is 1.60 bits per heavy atom. The number of sulfonamides is 1. The van der Waals surface area contributed by atoms with Crippen LogP contribution in [0.5, 0.6) is 5.75 Å². The molecular weight excluding hydrogens is 586 g/mol. The summed E-state index contributed by atoms with van der Waals surface area (Å²) in [6.45, 7) is 6.53. The third-order valence-electron chi connectivity index (χ3n) is 7.16. The van der Waals surface area contributed by atoms with Crippen LogP contribution >= 0.6 is 11.6 Å². The fraction of sp³-hybridized carbons (Fsp3) is 0.394. The lowest BCUT2D eigenvalue weighted by Crippen LogP contribution is -2.52. The first-order chi connectivity index (χ1) is 20.5. The van der Waals surface area contributed by atoms with Crippen molar-refractivity contribution in [2.75, 3.05) is 23.7 Å². The van der Waals surface area contributed by atoms with Crippen molar-refractivity contribution in [2.24, 2.45) is 0 Å². The second-order valence-electron chi connectivity index (χ2n) is 10.5. The Balaban J connectivity index is 1.88. The van der Waals surface area contributed by atoms with E-state index in [0.717, 1.165) is 23.8 Å². The predicted octanol–water partition coefficient (Wildman–Crippen LogP) is 5.84. The third kappa shape index (κ3) is 10.3. The first-order valence-corrected chi connectivity index (χ1v) is 16.8. The van der Waals surface area contributed by atoms with Gasteiger partial charge in [-0.15, -0.1) is 0 Å². The van der Waals surface area contributed by atoms with E-state index in [9.17, 15) is 18.0 Å². The molecule has 8 nitrogen and oxygen atoms in total. The monoisotopic (exact) mass is 627 g/mol. The number of carbonyl (C=O) groups is 2.